The van der Waals surface area contributed by atoms with Crippen LogP contribution in [0.3, 0.4) is 0 Å². The second-order valence-electron chi connectivity index (χ2n) is 8.73. The van der Waals surface area contributed by atoms with Gasteiger partial charge in [-0.15, -0.1) is 0 Å². The number of benzene rings is 4. The van der Waals surface area contributed by atoms with E-state index in [1.165, 1.54) is 27.4 Å². The average Bonchev–Trinajstić information content (AvgIpc) is 3.38. The first kappa shape index (κ1) is 19.2. The Morgan fingerprint density at radius 3 is 2.47 bits per heavy atom. The third kappa shape index (κ3) is 2.74. The fourth-order valence-corrected chi connectivity index (χ4v) is 5.22. The molecular formula is C31H22N2O. The lowest BCUT2D eigenvalue weighted by Gasteiger charge is -2.09. The van der Waals surface area contributed by atoms with Crippen LogP contribution in [0.15, 0.2) is 95.4 Å². The first-order valence-corrected chi connectivity index (χ1v) is 11.5. The van der Waals surface area contributed by atoms with Gasteiger partial charge >= 0.3 is 0 Å². The Labute approximate surface area is 196 Å². The summed E-state index contributed by atoms with van der Waals surface area (Å²) in [6, 6.07) is 29.7. The van der Waals surface area contributed by atoms with Gasteiger partial charge in [-0.2, -0.15) is 0 Å². The number of allylic oxidation sites excluding steroid dienone is 1. The summed E-state index contributed by atoms with van der Waals surface area (Å²) >= 11 is 0. The Kier molecular flexibility index (Phi) is 4.14. The number of hydrogen-bond donors (Lipinski definition) is 1. The van der Waals surface area contributed by atoms with Crippen LogP contribution in [0.5, 0.6) is 0 Å². The minimum absolute atomic E-state index is 0.459. The van der Waals surface area contributed by atoms with Crippen molar-refractivity contribution >= 4 is 51.1 Å². The molecule has 3 nitrogen and oxygen atoms in total. The van der Waals surface area contributed by atoms with Crippen LogP contribution in [-0.2, 0) is 6.54 Å². The van der Waals surface area contributed by atoms with Gasteiger partial charge in [-0.3, -0.25) is 0 Å². The molecule has 0 fully saturated rings. The van der Waals surface area contributed by atoms with Gasteiger partial charge in [0.2, 0.25) is 0 Å². The van der Waals surface area contributed by atoms with E-state index in [1.54, 1.807) is 0 Å². The van der Waals surface area contributed by atoms with Crippen LogP contribution in [0.4, 0.5) is 0 Å². The number of furan rings is 1. The molecule has 2 N–H and O–H groups in total. The topological polar surface area (TPSA) is 44.1 Å². The molecule has 0 atom stereocenters. The van der Waals surface area contributed by atoms with Crippen molar-refractivity contribution < 1.29 is 4.42 Å². The summed E-state index contributed by atoms with van der Waals surface area (Å²) in [5.41, 5.74) is 13.5. The molecule has 162 valence electrons. The van der Waals surface area contributed by atoms with Gasteiger partial charge in [0.15, 0.2) is 0 Å². The maximum Gasteiger partial charge on any atom is 0.139 e. The summed E-state index contributed by atoms with van der Waals surface area (Å²) in [5.74, 6) is 0. The third-order valence-corrected chi connectivity index (χ3v) is 6.80. The van der Waals surface area contributed by atoms with Crippen molar-refractivity contribution in [3.63, 3.8) is 0 Å². The fraction of sp³-hybridized carbons (Fsp3) is 0.0323. The molecule has 0 aliphatic heterocycles. The van der Waals surface area contributed by atoms with E-state index in [1.807, 2.05) is 6.07 Å². The highest BCUT2D eigenvalue weighted by atomic mass is 16.3. The SMILES string of the molecule is NCc1cccc2c1oc1cc3c(cc12)=CC=Cc1c(c2ccccc2n1-c1ccccc1)C=3. The van der Waals surface area contributed by atoms with Gasteiger partial charge in [0, 0.05) is 39.5 Å². The first-order chi connectivity index (χ1) is 16.8. The largest absolute Gasteiger partial charge is 0.456 e. The van der Waals surface area contributed by atoms with Crippen molar-refractivity contribution in [1.29, 1.82) is 0 Å². The maximum atomic E-state index is 6.33. The molecule has 2 aromatic heterocycles. The summed E-state index contributed by atoms with van der Waals surface area (Å²) in [4.78, 5) is 0. The highest BCUT2D eigenvalue weighted by Gasteiger charge is 2.16. The molecule has 0 saturated heterocycles. The van der Waals surface area contributed by atoms with Crippen molar-refractivity contribution in [3.8, 4) is 5.69 Å². The zero-order valence-corrected chi connectivity index (χ0v) is 18.5. The Balaban J connectivity index is 1.58. The molecule has 7 rings (SSSR count). The normalized spacial score (nSPS) is 12.7. The lowest BCUT2D eigenvalue weighted by Crippen LogP contribution is -2.24. The van der Waals surface area contributed by atoms with E-state index in [4.69, 9.17) is 10.2 Å². The molecule has 1 aliphatic carbocycles. The van der Waals surface area contributed by atoms with E-state index in [-0.39, 0.29) is 0 Å². The van der Waals surface area contributed by atoms with Crippen molar-refractivity contribution in [1.82, 2.24) is 4.57 Å². The maximum absolute atomic E-state index is 6.33. The second-order valence-corrected chi connectivity index (χ2v) is 8.73. The lowest BCUT2D eigenvalue weighted by molar-refractivity contribution is 0.662. The van der Waals surface area contributed by atoms with Crippen molar-refractivity contribution in [2.24, 2.45) is 5.73 Å². The minimum Gasteiger partial charge on any atom is -0.456 e. The van der Waals surface area contributed by atoms with Gasteiger partial charge in [0.1, 0.15) is 11.2 Å². The molecule has 0 amide bonds. The number of para-hydroxylation sites is 3. The summed E-state index contributed by atoms with van der Waals surface area (Å²) in [6.45, 7) is 0.459. The zero-order chi connectivity index (χ0) is 22.6. The van der Waals surface area contributed by atoms with E-state index in [9.17, 15) is 0 Å². The van der Waals surface area contributed by atoms with Crippen LogP contribution >= 0.6 is 0 Å². The van der Waals surface area contributed by atoms with Gasteiger partial charge in [-0.05, 0) is 52.9 Å². The summed E-state index contributed by atoms with van der Waals surface area (Å²) in [7, 11) is 0. The zero-order valence-electron chi connectivity index (χ0n) is 18.5. The molecule has 3 heteroatoms. The quantitative estimate of drug-likeness (QED) is 0.381. The Morgan fingerprint density at radius 2 is 1.59 bits per heavy atom. The predicted molar refractivity (Wildman–Crippen MR) is 141 cm³/mol. The van der Waals surface area contributed by atoms with Gasteiger partial charge in [-0.25, -0.2) is 0 Å². The Hall–Kier alpha value is -4.34. The molecule has 1 aliphatic rings. The van der Waals surface area contributed by atoms with Gasteiger partial charge < -0.3 is 14.7 Å². The number of nitrogens with zero attached hydrogens (tertiary/aromatic N) is 1. The number of fused-ring (bicyclic) bond motifs is 7. The lowest BCUT2D eigenvalue weighted by atomic mass is 10.0. The molecule has 0 bridgehead atoms. The van der Waals surface area contributed by atoms with Crippen molar-refractivity contribution in [2.75, 3.05) is 0 Å². The molecule has 0 saturated carbocycles. The second kappa shape index (κ2) is 7.34. The molecule has 4 aromatic carbocycles. The highest BCUT2D eigenvalue weighted by molar-refractivity contribution is 6.06. The van der Waals surface area contributed by atoms with E-state index in [0.29, 0.717) is 6.54 Å². The summed E-state index contributed by atoms with van der Waals surface area (Å²) < 4.78 is 8.66. The molecular weight excluding hydrogens is 416 g/mol. The van der Waals surface area contributed by atoms with Crippen molar-refractivity contribution in [2.45, 2.75) is 6.54 Å². The summed E-state index contributed by atoms with van der Waals surface area (Å²) in [6.07, 6.45) is 8.85. The van der Waals surface area contributed by atoms with E-state index in [0.717, 1.165) is 38.4 Å². The summed E-state index contributed by atoms with van der Waals surface area (Å²) in [5, 5.41) is 5.78. The molecule has 6 aromatic rings. The van der Waals surface area contributed by atoms with Crippen LogP contribution in [-0.4, -0.2) is 4.57 Å². The van der Waals surface area contributed by atoms with Crippen LogP contribution in [0, 0.1) is 0 Å². The van der Waals surface area contributed by atoms with Crippen LogP contribution < -0.4 is 16.2 Å². The third-order valence-electron chi connectivity index (χ3n) is 6.80. The van der Waals surface area contributed by atoms with E-state index in [2.05, 4.69) is 108 Å². The van der Waals surface area contributed by atoms with Crippen LogP contribution in [0.25, 0.3) is 56.8 Å². The van der Waals surface area contributed by atoms with Gasteiger partial charge in [0.25, 0.3) is 0 Å². The minimum atomic E-state index is 0.459. The number of rotatable bonds is 2. The molecule has 34 heavy (non-hydrogen) atoms. The smallest absolute Gasteiger partial charge is 0.139 e. The highest BCUT2D eigenvalue weighted by Crippen LogP contribution is 2.32. The van der Waals surface area contributed by atoms with Crippen LogP contribution in [0.1, 0.15) is 16.8 Å². The Bertz CT molecular complexity index is 1890. The van der Waals surface area contributed by atoms with Gasteiger partial charge in [0.05, 0.1) is 11.2 Å². The molecule has 0 unspecified atom stereocenters. The Morgan fingerprint density at radius 1 is 0.765 bits per heavy atom. The molecule has 2 heterocycles. The molecule has 0 radical (unpaired) electrons. The monoisotopic (exact) mass is 438 g/mol. The van der Waals surface area contributed by atoms with Gasteiger partial charge in [-0.1, -0.05) is 66.7 Å². The van der Waals surface area contributed by atoms with Crippen molar-refractivity contribution in [3.05, 3.63) is 118 Å². The first-order valence-electron chi connectivity index (χ1n) is 11.5. The average molecular weight is 439 g/mol. The van der Waals surface area contributed by atoms with E-state index < -0.39 is 0 Å². The number of hydrogen-bond acceptors (Lipinski definition) is 2. The number of aromatic nitrogens is 1. The van der Waals surface area contributed by atoms with Crippen LogP contribution in [0.2, 0.25) is 0 Å². The predicted octanol–water partition coefficient (Wildman–Crippen LogP) is 5.62. The van der Waals surface area contributed by atoms with E-state index >= 15 is 0 Å². The fourth-order valence-electron chi connectivity index (χ4n) is 5.22. The standard InChI is InChI=1S/C31H22N2O/c32-19-21-9-6-13-25-27-16-20-8-7-15-29-26(17-22(20)18-30(27)34-31(21)25)24-12-4-5-14-28(24)33(29)23-10-2-1-3-11-23/h1-18H,19,32H2. The molecule has 0 spiro atoms. The number of nitrogens with two attached hydrogens (primary N) is 1.